The van der Waals surface area contributed by atoms with E-state index in [2.05, 4.69) is 15.5 Å². The van der Waals surface area contributed by atoms with Gasteiger partial charge in [-0.3, -0.25) is 9.36 Å². The normalized spacial score (nSPS) is 12.5. The van der Waals surface area contributed by atoms with Crippen molar-refractivity contribution >= 4 is 11.7 Å². The van der Waals surface area contributed by atoms with Crippen LogP contribution in [0.5, 0.6) is 0 Å². The Kier molecular flexibility index (Phi) is 3.60. The largest absolute Gasteiger partial charge is 0.273 e. The van der Waals surface area contributed by atoms with Gasteiger partial charge < -0.3 is 0 Å². The maximum Gasteiger partial charge on any atom is 0.273 e. The zero-order chi connectivity index (χ0) is 17.2. The zero-order valence-corrected chi connectivity index (χ0v) is 13.2. The van der Waals surface area contributed by atoms with E-state index in [0.717, 1.165) is 11.1 Å². The molecule has 3 aromatic rings. The molecule has 1 aliphatic heterocycles. The van der Waals surface area contributed by atoms with E-state index in [0.29, 0.717) is 17.4 Å². The van der Waals surface area contributed by atoms with Gasteiger partial charge in [0.2, 0.25) is 5.95 Å². The Hall–Kier alpha value is -3.72. The van der Waals surface area contributed by atoms with Crippen molar-refractivity contribution < 1.29 is 0 Å². The van der Waals surface area contributed by atoms with Crippen LogP contribution in [0.25, 0.3) is 11.3 Å². The van der Waals surface area contributed by atoms with Gasteiger partial charge in [0.15, 0.2) is 0 Å². The predicted octanol–water partition coefficient (Wildman–Crippen LogP) is 2.61. The van der Waals surface area contributed by atoms with E-state index < -0.39 is 0 Å². The van der Waals surface area contributed by atoms with Crippen LogP contribution in [-0.4, -0.2) is 15.3 Å². The number of benzene rings is 2. The van der Waals surface area contributed by atoms with Gasteiger partial charge in [0.1, 0.15) is 11.6 Å². The van der Waals surface area contributed by atoms with Crippen LogP contribution in [0, 0.1) is 11.3 Å². The first-order valence-corrected chi connectivity index (χ1v) is 7.76. The fourth-order valence-electron chi connectivity index (χ4n) is 2.78. The summed E-state index contributed by atoms with van der Waals surface area (Å²) in [4.78, 5) is 17.3. The Morgan fingerprint density at radius 3 is 2.28 bits per heavy atom. The molecule has 0 atom stereocenters. The van der Waals surface area contributed by atoms with Crippen molar-refractivity contribution in [2.24, 2.45) is 5.10 Å². The third kappa shape index (κ3) is 2.58. The van der Waals surface area contributed by atoms with Crippen LogP contribution >= 0.6 is 0 Å². The van der Waals surface area contributed by atoms with Gasteiger partial charge in [-0.25, -0.2) is 10.4 Å². The second-order valence-electron chi connectivity index (χ2n) is 5.56. The lowest BCUT2D eigenvalue weighted by molar-refractivity contribution is 0.761. The van der Waals surface area contributed by atoms with Crippen LogP contribution < -0.4 is 11.0 Å². The summed E-state index contributed by atoms with van der Waals surface area (Å²) in [5.74, 6) is 0.336. The van der Waals surface area contributed by atoms with Crippen LogP contribution in [0.4, 0.5) is 5.95 Å². The Morgan fingerprint density at radius 1 is 1.00 bits per heavy atom. The molecule has 0 spiro atoms. The molecule has 0 saturated carbocycles. The van der Waals surface area contributed by atoms with Gasteiger partial charge in [0.05, 0.1) is 18.0 Å². The van der Waals surface area contributed by atoms with E-state index in [1.165, 1.54) is 4.57 Å². The molecular weight excluding hydrogens is 314 g/mol. The average Bonchev–Trinajstić information content (AvgIpc) is 2.69. The molecule has 6 heteroatoms. The number of nitrogens with one attached hydrogen (secondary N) is 1. The minimum Gasteiger partial charge on any atom is -0.270 e. The van der Waals surface area contributed by atoms with Gasteiger partial charge in [0.25, 0.3) is 5.56 Å². The lowest BCUT2D eigenvalue weighted by Gasteiger charge is -2.20. The fraction of sp³-hybridized carbons (Fsp3) is 0.0526. The maximum atomic E-state index is 12.8. The Morgan fingerprint density at radius 2 is 1.64 bits per heavy atom. The van der Waals surface area contributed by atoms with Crippen molar-refractivity contribution in [2.45, 2.75) is 6.54 Å². The topological polar surface area (TPSA) is 83.1 Å². The summed E-state index contributed by atoms with van der Waals surface area (Å²) in [7, 11) is 0. The van der Waals surface area contributed by atoms with E-state index in [4.69, 9.17) is 0 Å². The molecule has 2 heterocycles. The van der Waals surface area contributed by atoms with Crippen molar-refractivity contribution in [2.75, 3.05) is 5.43 Å². The summed E-state index contributed by atoms with van der Waals surface area (Å²) >= 11 is 0. The minimum absolute atomic E-state index is 0.0334. The highest BCUT2D eigenvalue weighted by Crippen LogP contribution is 2.22. The highest BCUT2D eigenvalue weighted by atomic mass is 16.1. The van der Waals surface area contributed by atoms with Gasteiger partial charge in [-0.15, -0.1) is 0 Å². The SMILES string of the molecule is N#Cc1c(-c2ccccc2)nc2n(c1=O)CC(c1ccccc1)=NN2. The number of rotatable bonds is 2. The van der Waals surface area contributed by atoms with Gasteiger partial charge in [-0.1, -0.05) is 60.7 Å². The number of hydrogen-bond donors (Lipinski definition) is 1. The highest BCUT2D eigenvalue weighted by molar-refractivity contribution is 6.01. The van der Waals surface area contributed by atoms with Crippen LogP contribution in [0.2, 0.25) is 0 Å². The monoisotopic (exact) mass is 327 g/mol. The number of nitriles is 1. The lowest BCUT2D eigenvalue weighted by atomic mass is 10.1. The number of hydrogen-bond acceptors (Lipinski definition) is 5. The molecule has 1 N–H and O–H groups in total. The number of fused-ring (bicyclic) bond motifs is 1. The number of nitrogens with zero attached hydrogens (tertiary/aromatic N) is 4. The van der Waals surface area contributed by atoms with E-state index in [1.807, 2.05) is 66.7 Å². The zero-order valence-electron chi connectivity index (χ0n) is 13.2. The average molecular weight is 327 g/mol. The molecule has 25 heavy (non-hydrogen) atoms. The molecule has 6 nitrogen and oxygen atoms in total. The van der Waals surface area contributed by atoms with Crippen LogP contribution in [-0.2, 0) is 6.54 Å². The molecule has 1 aromatic heterocycles. The highest BCUT2D eigenvalue weighted by Gasteiger charge is 2.21. The molecule has 0 unspecified atom stereocenters. The summed E-state index contributed by atoms with van der Waals surface area (Å²) in [6.07, 6.45) is 0. The molecule has 0 radical (unpaired) electrons. The first-order valence-electron chi connectivity index (χ1n) is 7.76. The molecule has 120 valence electrons. The van der Waals surface area contributed by atoms with E-state index in [1.54, 1.807) is 0 Å². The van der Waals surface area contributed by atoms with Crippen molar-refractivity contribution in [1.29, 1.82) is 5.26 Å². The minimum atomic E-state index is -0.373. The Bertz CT molecular complexity index is 1060. The summed E-state index contributed by atoms with van der Waals surface area (Å²) in [5.41, 5.74) is 5.22. The summed E-state index contributed by atoms with van der Waals surface area (Å²) in [6, 6.07) is 20.8. The first kappa shape index (κ1) is 14.8. The summed E-state index contributed by atoms with van der Waals surface area (Å²) in [5, 5.41) is 13.8. The van der Waals surface area contributed by atoms with Gasteiger partial charge in [0, 0.05) is 5.56 Å². The molecule has 1 aliphatic rings. The number of anilines is 1. The third-order valence-electron chi connectivity index (χ3n) is 4.03. The standard InChI is InChI=1S/C19H13N5O/c20-11-15-17(14-9-5-2-6-10-14)21-19-23-22-16(12-24(19)18(15)25)13-7-3-1-4-8-13/h1-10H,12H2,(H,21,23). The van der Waals surface area contributed by atoms with Crippen molar-refractivity contribution in [3.63, 3.8) is 0 Å². The van der Waals surface area contributed by atoms with Crippen molar-refractivity contribution in [3.05, 3.63) is 82.1 Å². The summed E-state index contributed by atoms with van der Waals surface area (Å²) in [6.45, 7) is 0.266. The molecule has 2 aromatic carbocycles. The van der Waals surface area contributed by atoms with E-state index in [9.17, 15) is 10.1 Å². The molecular formula is C19H13N5O. The maximum absolute atomic E-state index is 12.8. The van der Waals surface area contributed by atoms with Crippen LogP contribution in [0.1, 0.15) is 11.1 Å². The second kappa shape index (κ2) is 6.06. The van der Waals surface area contributed by atoms with Gasteiger partial charge in [-0.2, -0.15) is 10.4 Å². The van der Waals surface area contributed by atoms with E-state index >= 15 is 0 Å². The van der Waals surface area contributed by atoms with E-state index in [-0.39, 0.29) is 17.7 Å². The number of hydrazone groups is 1. The second-order valence-corrected chi connectivity index (χ2v) is 5.56. The van der Waals surface area contributed by atoms with Gasteiger partial charge >= 0.3 is 0 Å². The van der Waals surface area contributed by atoms with Crippen molar-refractivity contribution in [1.82, 2.24) is 9.55 Å². The van der Waals surface area contributed by atoms with Crippen LogP contribution in [0.15, 0.2) is 70.6 Å². The summed E-state index contributed by atoms with van der Waals surface area (Å²) < 4.78 is 1.44. The Balaban J connectivity index is 1.83. The molecule has 0 bridgehead atoms. The smallest absolute Gasteiger partial charge is 0.270 e. The number of aromatic nitrogens is 2. The fourth-order valence-corrected chi connectivity index (χ4v) is 2.78. The quantitative estimate of drug-likeness (QED) is 0.784. The molecule has 0 amide bonds. The lowest BCUT2D eigenvalue weighted by Crippen LogP contribution is -2.33. The first-order chi connectivity index (χ1) is 12.3. The molecule has 0 saturated heterocycles. The van der Waals surface area contributed by atoms with Crippen LogP contribution in [0.3, 0.4) is 0 Å². The predicted molar refractivity (Wildman–Crippen MR) is 95.2 cm³/mol. The molecule has 0 aliphatic carbocycles. The van der Waals surface area contributed by atoms with Gasteiger partial charge in [-0.05, 0) is 5.56 Å². The molecule has 0 fully saturated rings. The molecule has 4 rings (SSSR count). The Labute approximate surface area is 143 Å². The van der Waals surface area contributed by atoms with Crippen molar-refractivity contribution in [3.8, 4) is 17.3 Å². The third-order valence-corrected chi connectivity index (χ3v) is 4.03.